The topological polar surface area (TPSA) is 117 Å². The molecule has 8 aromatic rings. The Kier molecular flexibility index (Phi) is 13.9. The molecule has 0 aliphatic heterocycles. The number of nitrogens with zero attached hydrogens (tertiary/aromatic N) is 8. The number of halogens is 8. The molecule has 2 aliphatic rings. The zero-order valence-electron chi connectivity index (χ0n) is 83.7. The summed E-state index contributed by atoms with van der Waals surface area (Å²) in [5, 5.41) is -2.03. The summed E-state index contributed by atoms with van der Waals surface area (Å²) < 4.78 is 397. The highest BCUT2D eigenvalue weighted by atomic mass is 32.2. The fourth-order valence-electron chi connectivity index (χ4n) is 9.04. The van der Waals surface area contributed by atoms with E-state index in [1.54, 1.807) is 0 Å². The average molecular weight is 1390 g/mol. The zero-order chi connectivity index (χ0) is 97.4. The van der Waals surface area contributed by atoms with Gasteiger partial charge in [0.1, 0.15) is 24.6 Å². The second kappa shape index (κ2) is 32.9. The molecule has 0 fully saturated rings. The molecule has 6 aromatic carbocycles. The fourth-order valence-corrected chi connectivity index (χ4v) is 10.5. The number of fused-ring (bicyclic) bond motifs is 2. The number of rotatable bonds is 26. The summed E-state index contributed by atoms with van der Waals surface area (Å²) in [5.74, 6) is -9.14. The molecule has 2 aromatic heterocycles. The molecule has 96 heavy (non-hydrogen) atoms. The van der Waals surface area contributed by atoms with Crippen LogP contribution in [0.5, 0.6) is 0 Å². The van der Waals surface area contributed by atoms with Crippen LogP contribution in [0.1, 0.15) is 146 Å². The predicted octanol–water partition coefficient (Wildman–Crippen LogP) is 15.0. The van der Waals surface area contributed by atoms with E-state index in [9.17, 15) is 61.2 Å². The van der Waals surface area contributed by atoms with Gasteiger partial charge in [0.05, 0.1) is 37.2 Å². The van der Waals surface area contributed by atoms with E-state index in [0.29, 0.717) is 4.57 Å². The third kappa shape index (κ3) is 19.0. The Morgan fingerprint density at radius 2 is 1.03 bits per heavy atom. The van der Waals surface area contributed by atoms with Gasteiger partial charge in [-0.15, -0.1) is 0 Å². The van der Waals surface area contributed by atoms with Crippen LogP contribution >= 0.6 is 23.5 Å². The van der Waals surface area contributed by atoms with Crippen molar-refractivity contribution in [1.29, 1.82) is 0 Å². The molecule has 0 saturated carbocycles. The normalized spacial score (nSPS) is 21.8. The summed E-state index contributed by atoms with van der Waals surface area (Å²) >= 11 is -0.0536. The van der Waals surface area contributed by atoms with Crippen LogP contribution in [0.25, 0.3) is 22.3 Å². The number of hydrogen-bond acceptors (Lipinski definition) is 10. The first-order valence-corrected chi connectivity index (χ1v) is 30.9. The van der Waals surface area contributed by atoms with Crippen molar-refractivity contribution in [2.75, 3.05) is 52.2 Å². The van der Waals surface area contributed by atoms with Gasteiger partial charge in [0.2, 0.25) is 11.8 Å². The molecular weight excluding hydrogens is 1280 g/mol. The van der Waals surface area contributed by atoms with Gasteiger partial charge in [0, 0.05) is 90.7 Å². The van der Waals surface area contributed by atoms with E-state index in [2.05, 4.69) is 9.97 Å². The van der Waals surface area contributed by atoms with E-state index in [4.69, 9.17) is 27.4 Å². The SMILES string of the molecule is [2H]C([2H])(Sc1nc(=O)c2c(n1C([2H])([2H])C(=O)N(C([2H])([2H])c1ccc(-c3ccc(C(F)(F)F)cc3)cc1)C([2H])([2H])C([2H])([2H])N(CC)CC)C([2H])([2H])C([2H])(C)C2([2H])[2H])c1ccc(F)cc1.[2H]c1c([2H])c(C([2H])([2H])N(C(=O)C([2H])([2H])n2c(SC([2H])([2H])c3ccc(F)cc3)nc(=O)c3c2CCC3)C([2H])([2H])C([2H])([2H])N(CC)CC)c([2H])c([2H])c1-c1c([2H])c([2H])c(C(F)(F)F)c(C)c1[2H]. The number of amides is 2. The van der Waals surface area contributed by atoms with E-state index in [0.717, 1.165) is 109 Å². The van der Waals surface area contributed by atoms with E-state index in [1.807, 2.05) is 0 Å². The first-order chi connectivity index (χ1) is 58.2. The van der Waals surface area contributed by atoms with Gasteiger partial charge < -0.3 is 28.7 Å². The summed E-state index contributed by atoms with van der Waals surface area (Å²) in [6.07, 6.45) is -16.7. The first-order valence-electron chi connectivity index (χ1n) is 45.3. The second-order valence-corrected chi connectivity index (χ2v) is 22.1. The first kappa shape index (κ1) is 40.7. The van der Waals surface area contributed by atoms with Crippen molar-refractivity contribution in [3.63, 3.8) is 0 Å². The summed E-state index contributed by atoms with van der Waals surface area (Å²) in [7, 11) is 0. The maximum Gasteiger partial charge on any atom is 0.416 e. The lowest BCUT2D eigenvalue weighted by Crippen LogP contribution is -2.40. The van der Waals surface area contributed by atoms with Gasteiger partial charge in [-0.05, 0) is 164 Å². The molecule has 0 radical (unpaired) electrons. The lowest BCUT2D eigenvalue weighted by atomic mass is 9.98. The van der Waals surface area contributed by atoms with Crippen LogP contribution in [-0.2, 0) is 84.9 Å². The maximum atomic E-state index is 15.2. The molecule has 2 heterocycles. The summed E-state index contributed by atoms with van der Waals surface area (Å²) in [4.78, 5) is 65.5. The number of aromatic nitrogens is 4. The predicted molar refractivity (Wildman–Crippen MR) is 362 cm³/mol. The Hall–Kier alpha value is -7.92. The lowest BCUT2D eigenvalue weighted by Gasteiger charge is -2.28. The van der Waals surface area contributed by atoms with E-state index in [1.165, 1.54) is 39.8 Å². The van der Waals surface area contributed by atoms with Crippen LogP contribution in [0.4, 0.5) is 35.1 Å². The van der Waals surface area contributed by atoms with Gasteiger partial charge in [-0.3, -0.25) is 19.2 Å². The number of carbonyl (C=O) groups excluding carboxylic acids is 2. The number of thioether (sulfide) groups is 2. The zero-order valence-corrected chi connectivity index (χ0v) is 53.4. The number of alkyl halides is 6. The van der Waals surface area contributed by atoms with Crippen LogP contribution in [0.2, 0.25) is 0 Å². The lowest BCUT2D eigenvalue weighted by molar-refractivity contribution is -0.138. The van der Waals surface area contributed by atoms with Crippen LogP contribution in [0.15, 0.2) is 159 Å². The van der Waals surface area contributed by atoms with E-state index < -0.39 is 242 Å². The molecule has 2 aliphatic carbocycles. The molecule has 0 spiro atoms. The summed E-state index contributed by atoms with van der Waals surface area (Å²) in [6.45, 7) is -24.6. The maximum absolute atomic E-state index is 15.2. The highest BCUT2D eigenvalue weighted by Gasteiger charge is 2.34. The Balaban J connectivity index is 0.000000289. The minimum atomic E-state index is -5.24. The summed E-state index contributed by atoms with van der Waals surface area (Å²) in [5.41, 5.74) is -18.9. The molecule has 2 amide bonds. The molecule has 22 heteroatoms. The third-order valence-corrected chi connectivity index (χ3v) is 15.6. The van der Waals surface area contributed by atoms with Crippen LogP contribution < -0.4 is 11.1 Å². The molecule has 1 atom stereocenters. The van der Waals surface area contributed by atoms with E-state index in [-0.39, 0.29) is 107 Å². The van der Waals surface area contributed by atoms with Crippen molar-refractivity contribution in [3.8, 4) is 22.3 Å². The molecule has 10 rings (SSSR count). The standard InChI is InChI=1S/2C37H40F4N4O2S/c1-4-43(5-2)18-19-44(22-26-6-10-28(11-7-26)29-12-14-30(15-13-29)37(39,40)41)34(46)23-45-33-21-25(3)20-32(33)35(47)42-36(45)48-24-27-8-16-31(38)17-9-27;1-4-43(5-2)19-20-44(22-26-9-13-28(14-10-26)29-15-18-32(25(3)21-29)37(39,40)41)34(46)23-45-33-8-6-7-31(33)35(47)42-36(45)48-24-27-11-16-30(38)17-12-27/h6-17,25H,4-5,18-24H2,1-3H3;9-18,21H,4-8,19-20,22-24H2,1-3H3/i18D2,19D2,20D2,21D2,22D2,23D2,24D2,25D;9D,10D,13D,14D,15D,18D,19D2,20D2,21D,22D2,23D2,24D2. The Bertz CT molecular complexity index is 5690. The number of likely N-dealkylation sites (N-methyl/N-ethyl adjacent to an activating group) is 2. The number of hydrogen-bond donors (Lipinski definition) is 0. The molecule has 0 saturated heterocycles. The van der Waals surface area contributed by atoms with Gasteiger partial charge in [-0.1, -0.05) is 155 Å². The van der Waals surface area contributed by atoms with Crippen molar-refractivity contribution >= 4 is 35.3 Å². The Morgan fingerprint density at radius 3 is 1.52 bits per heavy atom. The monoisotopic (exact) mass is 1390 g/mol. The quantitative estimate of drug-likeness (QED) is 0.0295. The Morgan fingerprint density at radius 1 is 0.573 bits per heavy atom. The van der Waals surface area contributed by atoms with Crippen molar-refractivity contribution < 1.29 is 88.6 Å². The van der Waals surface area contributed by atoms with Gasteiger partial charge in [0.25, 0.3) is 11.1 Å². The van der Waals surface area contributed by atoms with Crippen molar-refractivity contribution in [3.05, 3.63) is 233 Å². The third-order valence-electron chi connectivity index (χ3n) is 14.0. The second-order valence-electron chi connectivity index (χ2n) is 20.5. The van der Waals surface area contributed by atoms with Crippen LogP contribution in [0, 0.1) is 24.5 Å². The van der Waals surface area contributed by atoms with Gasteiger partial charge in [0.15, 0.2) is 10.3 Å². The van der Waals surface area contributed by atoms with E-state index >= 15 is 9.59 Å². The summed E-state index contributed by atoms with van der Waals surface area (Å²) in [6, 6.07) is 6.15. The highest BCUT2D eigenvalue weighted by molar-refractivity contribution is 7.98. The molecule has 508 valence electrons. The van der Waals surface area contributed by atoms with Gasteiger partial charge >= 0.3 is 12.4 Å². The molecule has 0 N–H and O–H groups in total. The Labute approximate surface area is 608 Å². The van der Waals surface area contributed by atoms with Crippen molar-refractivity contribution in [2.45, 2.75) is 134 Å². The van der Waals surface area contributed by atoms with Crippen molar-refractivity contribution in [2.24, 2.45) is 5.89 Å². The molecule has 1 unspecified atom stereocenters. The fraction of sp³-hybridized carbons (Fsp3) is 0.378. The minimum Gasteiger partial charge on any atom is -0.336 e. The van der Waals surface area contributed by atoms with Crippen molar-refractivity contribution in [1.82, 2.24) is 38.7 Å². The number of carbonyl (C=O) groups is 2. The average Bonchev–Trinajstić information content (AvgIpc) is 1.52. The van der Waals surface area contributed by atoms with Gasteiger partial charge in [-0.2, -0.15) is 36.3 Å². The highest BCUT2D eigenvalue weighted by Crippen LogP contribution is 2.36. The largest absolute Gasteiger partial charge is 0.416 e. The number of benzene rings is 6. The molecular formula is C74H80F8N8O4S2. The smallest absolute Gasteiger partial charge is 0.336 e. The minimum absolute atomic E-state index is 0.0212. The van der Waals surface area contributed by atoms with Crippen LogP contribution in [-0.4, -0.2) is 103 Å². The molecule has 12 nitrogen and oxygen atoms in total. The van der Waals surface area contributed by atoms with Crippen LogP contribution in [0.3, 0.4) is 0 Å². The molecule has 0 bridgehead atoms. The van der Waals surface area contributed by atoms with Gasteiger partial charge in [-0.25, -0.2) is 8.78 Å².